The number of halogens is 2. The molecule has 0 aromatic heterocycles. The first-order valence-electron chi connectivity index (χ1n) is 10.3. The van der Waals surface area contributed by atoms with Crippen LogP contribution < -0.4 is 16.4 Å². The third kappa shape index (κ3) is 7.31. The quantitative estimate of drug-likeness (QED) is 0.345. The molecule has 178 valence electrons. The van der Waals surface area contributed by atoms with Crippen LogP contribution in [0.5, 0.6) is 0 Å². The Labute approximate surface area is 208 Å². The number of nitrogens with one attached hydrogen (secondary N) is 2. The molecule has 9 heteroatoms. The van der Waals surface area contributed by atoms with Gasteiger partial charge in [-0.05, 0) is 35.7 Å². The molecule has 34 heavy (non-hydrogen) atoms. The van der Waals surface area contributed by atoms with Gasteiger partial charge >= 0.3 is 5.97 Å². The second kappa shape index (κ2) is 12.7. The number of carbonyl (C=O) groups excluding carboxylic acids is 2. The van der Waals surface area contributed by atoms with E-state index in [0.717, 1.165) is 11.1 Å². The van der Waals surface area contributed by atoms with Crippen LogP contribution in [0.25, 0.3) is 0 Å². The monoisotopic (exact) mass is 501 g/mol. The third-order valence-electron chi connectivity index (χ3n) is 5.06. The van der Waals surface area contributed by atoms with Crippen LogP contribution in [0.2, 0.25) is 5.02 Å². The number of nitrogens with two attached hydrogens (primary N) is 1. The first-order valence-corrected chi connectivity index (χ1v) is 10.7. The highest BCUT2D eigenvalue weighted by Gasteiger charge is 2.21. The summed E-state index contributed by atoms with van der Waals surface area (Å²) in [6.45, 7) is 0. The molecular weight excluding hydrogens is 477 g/mol. The Morgan fingerprint density at radius 3 is 2.00 bits per heavy atom. The van der Waals surface area contributed by atoms with Gasteiger partial charge in [0.05, 0.1) is 23.3 Å². The van der Waals surface area contributed by atoms with Crippen molar-refractivity contribution in [1.82, 2.24) is 5.32 Å². The zero-order valence-electron chi connectivity index (χ0n) is 18.1. The zero-order valence-corrected chi connectivity index (χ0v) is 19.7. The molecule has 1 unspecified atom stereocenters. The Hall–Kier alpha value is -3.39. The number of anilines is 1. The van der Waals surface area contributed by atoms with Crippen molar-refractivity contribution in [2.45, 2.75) is 24.9 Å². The number of amides is 2. The second-order valence-electron chi connectivity index (χ2n) is 7.45. The van der Waals surface area contributed by atoms with Gasteiger partial charge in [-0.25, -0.2) is 4.79 Å². The molecule has 0 bridgehead atoms. The molecule has 0 fully saturated rings. The number of carboxylic acids is 1. The van der Waals surface area contributed by atoms with E-state index in [-0.39, 0.29) is 53.5 Å². The fourth-order valence-electron chi connectivity index (χ4n) is 3.33. The van der Waals surface area contributed by atoms with Crippen molar-refractivity contribution in [3.05, 3.63) is 101 Å². The highest BCUT2D eigenvalue weighted by atomic mass is 35.5. The molecular formula is C25H25Cl2N3O4. The van der Waals surface area contributed by atoms with Crippen molar-refractivity contribution in [2.75, 3.05) is 5.32 Å². The van der Waals surface area contributed by atoms with E-state index < -0.39 is 17.9 Å². The van der Waals surface area contributed by atoms with Crippen LogP contribution in [0.4, 0.5) is 5.69 Å². The second-order valence-corrected chi connectivity index (χ2v) is 7.89. The van der Waals surface area contributed by atoms with Gasteiger partial charge in [0, 0.05) is 11.4 Å². The van der Waals surface area contributed by atoms with E-state index in [4.69, 9.17) is 17.3 Å². The highest BCUT2D eigenvalue weighted by Crippen LogP contribution is 2.23. The molecule has 2 amide bonds. The minimum Gasteiger partial charge on any atom is -0.478 e. The number of aromatic carboxylic acids is 1. The summed E-state index contributed by atoms with van der Waals surface area (Å²) in [4.78, 5) is 36.5. The average Bonchev–Trinajstić information content (AvgIpc) is 2.83. The lowest BCUT2D eigenvalue weighted by Crippen LogP contribution is -2.38. The van der Waals surface area contributed by atoms with Crippen molar-refractivity contribution in [3.8, 4) is 0 Å². The molecule has 1 atom stereocenters. The number of carbonyl (C=O) groups is 3. The normalized spacial score (nSPS) is 11.3. The van der Waals surface area contributed by atoms with Crippen LogP contribution in [0, 0.1) is 0 Å². The Morgan fingerprint density at radius 2 is 1.47 bits per heavy atom. The van der Waals surface area contributed by atoms with Gasteiger partial charge in [0.2, 0.25) is 11.8 Å². The largest absolute Gasteiger partial charge is 0.478 e. The topological polar surface area (TPSA) is 122 Å². The van der Waals surface area contributed by atoms with Crippen molar-refractivity contribution in [3.63, 3.8) is 0 Å². The number of hydrogen-bond acceptors (Lipinski definition) is 4. The molecule has 0 aliphatic rings. The molecule has 7 nitrogen and oxygen atoms in total. The van der Waals surface area contributed by atoms with Crippen molar-refractivity contribution in [2.24, 2.45) is 5.73 Å². The summed E-state index contributed by atoms with van der Waals surface area (Å²) < 4.78 is 0. The molecule has 0 radical (unpaired) electrons. The van der Waals surface area contributed by atoms with Gasteiger partial charge in [-0.2, -0.15) is 0 Å². The van der Waals surface area contributed by atoms with Gasteiger partial charge in [0.1, 0.15) is 0 Å². The van der Waals surface area contributed by atoms with Crippen molar-refractivity contribution < 1.29 is 19.5 Å². The van der Waals surface area contributed by atoms with Crippen LogP contribution in [-0.2, 0) is 9.59 Å². The van der Waals surface area contributed by atoms with Gasteiger partial charge in [-0.1, -0.05) is 72.3 Å². The van der Waals surface area contributed by atoms with Crippen molar-refractivity contribution >= 4 is 47.5 Å². The smallest absolute Gasteiger partial charge is 0.337 e. The van der Waals surface area contributed by atoms with E-state index in [9.17, 15) is 19.5 Å². The van der Waals surface area contributed by atoms with E-state index in [1.807, 2.05) is 60.7 Å². The summed E-state index contributed by atoms with van der Waals surface area (Å²) in [6.07, 6.45) is 0.112. The average molecular weight is 502 g/mol. The molecule has 0 aliphatic carbocycles. The maximum atomic E-state index is 12.7. The van der Waals surface area contributed by atoms with Crippen molar-refractivity contribution in [1.29, 1.82) is 0 Å². The molecule has 3 aromatic carbocycles. The molecule has 0 saturated carbocycles. The number of carboxylic acid groups (broad SMARTS) is 1. The van der Waals surface area contributed by atoms with E-state index in [1.165, 1.54) is 18.2 Å². The molecule has 0 aliphatic heterocycles. The van der Waals surface area contributed by atoms with Gasteiger partial charge in [-0.15, -0.1) is 12.4 Å². The minimum absolute atomic E-state index is 0. The summed E-state index contributed by atoms with van der Waals surface area (Å²) in [5, 5.41) is 15.0. The standard InChI is InChI=1S/C25H24ClN3O4.ClH/c26-18-11-13-21(19(15-18)25(32)33)28-24(31)20(27)12-14-22(30)29-23(16-7-3-1-4-8-16)17-9-5-2-6-10-17;/h1-11,13,15,20,23H,12,14,27H2,(H,28,31)(H,29,30)(H,32,33);1H. The Morgan fingerprint density at radius 1 is 0.912 bits per heavy atom. The SMILES string of the molecule is Cl.NC(CCC(=O)NC(c1ccccc1)c1ccccc1)C(=O)Nc1ccc(Cl)cc1C(=O)O. The fraction of sp³-hybridized carbons (Fsp3) is 0.160. The summed E-state index contributed by atoms with van der Waals surface area (Å²) in [6, 6.07) is 21.9. The zero-order chi connectivity index (χ0) is 23.8. The van der Waals surface area contributed by atoms with Gasteiger partial charge in [0.25, 0.3) is 0 Å². The maximum absolute atomic E-state index is 12.7. The lowest BCUT2D eigenvalue weighted by molar-refractivity contribution is -0.122. The van der Waals surface area contributed by atoms with Crippen LogP contribution in [0.15, 0.2) is 78.9 Å². The summed E-state index contributed by atoms with van der Waals surface area (Å²) >= 11 is 5.83. The molecule has 0 spiro atoms. The Kier molecular flexibility index (Phi) is 10.1. The van der Waals surface area contributed by atoms with Crippen LogP contribution >= 0.6 is 24.0 Å². The van der Waals surface area contributed by atoms with Crippen LogP contribution in [0.1, 0.15) is 40.4 Å². The van der Waals surface area contributed by atoms with Crippen LogP contribution in [-0.4, -0.2) is 28.9 Å². The first kappa shape index (κ1) is 26.9. The van der Waals surface area contributed by atoms with Crippen LogP contribution in [0.3, 0.4) is 0 Å². The van der Waals surface area contributed by atoms with Gasteiger partial charge in [-0.3, -0.25) is 9.59 Å². The molecule has 0 heterocycles. The molecule has 3 aromatic rings. The third-order valence-corrected chi connectivity index (χ3v) is 5.30. The summed E-state index contributed by atoms with van der Waals surface area (Å²) in [7, 11) is 0. The van der Waals surface area contributed by atoms with E-state index >= 15 is 0 Å². The fourth-order valence-corrected chi connectivity index (χ4v) is 3.50. The number of hydrogen-bond donors (Lipinski definition) is 4. The molecule has 0 saturated heterocycles. The molecule has 5 N–H and O–H groups in total. The lowest BCUT2D eigenvalue weighted by Gasteiger charge is -2.20. The Bertz CT molecular complexity index is 1090. The Balaban J connectivity index is 0.00000408. The van der Waals surface area contributed by atoms with E-state index in [1.54, 1.807) is 0 Å². The molecule has 3 rings (SSSR count). The maximum Gasteiger partial charge on any atom is 0.337 e. The van der Waals surface area contributed by atoms with E-state index in [0.29, 0.717) is 0 Å². The predicted molar refractivity (Wildman–Crippen MR) is 134 cm³/mol. The summed E-state index contributed by atoms with van der Waals surface area (Å²) in [5.74, 6) is -2.07. The van der Waals surface area contributed by atoms with Gasteiger partial charge < -0.3 is 21.5 Å². The summed E-state index contributed by atoms with van der Waals surface area (Å²) in [5.41, 5.74) is 7.77. The van der Waals surface area contributed by atoms with Gasteiger partial charge in [0.15, 0.2) is 0 Å². The minimum atomic E-state index is -1.23. The van der Waals surface area contributed by atoms with E-state index in [2.05, 4.69) is 10.6 Å². The lowest BCUT2D eigenvalue weighted by atomic mass is 9.98. The number of rotatable bonds is 9. The highest BCUT2D eigenvalue weighted by molar-refractivity contribution is 6.31. The first-order chi connectivity index (χ1) is 15.8. The number of benzene rings is 3. The predicted octanol–water partition coefficient (Wildman–Crippen LogP) is 4.41.